The molecule has 25 heavy (non-hydrogen) atoms. The number of rotatable bonds is 4. The summed E-state index contributed by atoms with van der Waals surface area (Å²) in [6.45, 7) is 1.63. The molecule has 3 aromatic rings. The molecule has 0 aliphatic heterocycles. The van der Waals surface area contributed by atoms with Gasteiger partial charge in [0.25, 0.3) is 0 Å². The standard InChI is InChI=1S/C19H17F2N3O/c1-13(17-8-7-14(20)11-18(17)21)22-19(25)23-15-5-4-6-16(12-15)24-9-2-3-10-24/h2-13H,1H3,(H2,22,23,25). The highest BCUT2D eigenvalue weighted by Crippen LogP contribution is 2.19. The van der Waals surface area contributed by atoms with Gasteiger partial charge in [0.2, 0.25) is 0 Å². The van der Waals surface area contributed by atoms with E-state index in [1.54, 1.807) is 13.0 Å². The lowest BCUT2D eigenvalue weighted by atomic mass is 10.1. The zero-order chi connectivity index (χ0) is 17.8. The summed E-state index contributed by atoms with van der Waals surface area (Å²) in [4.78, 5) is 12.1. The third kappa shape index (κ3) is 4.03. The van der Waals surface area contributed by atoms with Gasteiger partial charge in [0.05, 0.1) is 6.04 Å². The van der Waals surface area contributed by atoms with E-state index in [-0.39, 0.29) is 5.56 Å². The Hall–Kier alpha value is -3.15. The number of nitrogens with zero attached hydrogens (tertiary/aromatic N) is 1. The van der Waals surface area contributed by atoms with Gasteiger partial charge >= 0.3 is 6.03 Å². The summed E-state index contributed by atoms with van der Waals surface area (Å²) in [5.41, 5.74) is 1.73. The maximum Gasteiger partial charge on any atom is 0.319 e. The molecule has 1 atom stereocenters. The van der Waals surface area contributed by atoms with Crippen LogP contribution in [0.3, 0.4) is 0 Å². The van der Waals surface area contributed by atoms with Crippen LogP contribution in [0.25, 0.3) is 5.69 Å². The van der Waals surface area contributed by atoms with Crippen LogP contribution < -0.4 is 10.6 Å². The molecule has 3 rings (SSSR count). The van der Waals surface area contributed by atoms with Gasteiger partial charge in [-0.25, -0.2) is 13.6 Å². The maximum absolute atomic E-state index is 13.8. The minimum atomic E-state index is -0.692. The third-order valence-corrected chi connectivity index (χ3v) is 3.78. The largest absolute Gasteiger partial charge is 0.331 e. The van der Waals surface area contributed by atoms with Gasteiger partial charge in [-0.2, -0.15) is 0 Å². The van der Waals surface area contributed by atoms with E-state index in [1.807, 2.05) is 47.3 Å². The number of hydrogen-bond acceptors (Lipinski definition) is 1. The Morgan fingerprint density at radius 1 is 1.04 bits per heavy atom. The maximum atomic E-state index is 13.8. The van der Waals surface area contributed by atoms with E-state index in [9.17, 15) is 13.6 Å². The smallest absolute Gasteiger partial charge is 0.319 e. The lowest BCUT2D eigenvalue weighted by Crippen LogP contribution is -2.31. The van der Waals surface area contributed by atoms with Crippen molar-refractivity contribution in [2.24, 2.45) is 0 Å². The van der Waals surface area contributed by atoms with Crippen molar-refractivity contribution in [1.82, 2.24) is 9.88 Å². The van der Waals surface area contributed by atoms with Crippen LogP contribution in [0.15, 0.2) is 67.0 Å². The van der Waals surface area contributed by atoms with E-state index in [0.29, 0.717) is 5.69 Å². The van der Waals surface area contributed by atoms with Gasteiger partial charge in [-0.05, 0) is 43.3 Å². The summed E-state index contributed by atoms with van der Waals surface area (Å²) in [6, 6.07) is 13.3. The van der Waals surface area contributed by atoms with E-state index >= 15 is 0 Å². The molecule has 0 aliphatic carbocycles. The number of carbonyl (C=O) groups excluding carboxylic acids is 1. The van der Waals surface area contributed by atoms with Crippen molar-refractivity contribution < 1.29 is 13.6 Å². The molecule has 1 heterocycles. The van der Waals surface area contributed by atoms with Crippen LogP contribution >= 0.6 is 0 Å². The Balaban J connectivity index is 1.67. The van der Waals surface area contributed by atoms with E-state index in [4.69, 9.17) is 0 Å². The number of halogens is 2. The van der Waals surface area contributed by atoms with Gasteiger partial charge in [0, 0.05) is 35.4 Å². The summed E-state index contributed by atoms with van der Waals surface area (Å²) >= 11 is 0. The molecule has 0 spiro atoms. The second-order valence-electron chi connectivity index (χ2n) is 5.63. The minimum Gasteiger partial charge on any atom is -0.331 e. The van der Waals surface area contributed by atoms with E-state index in [1.165, 1.54) is 6.07 Å². The number of nitrogens with one attached hydrogen (secondary N) is 2. The highest BCUT2D eigenvalue weighted by molar-refractivity contribution is 5.89. The number of urea groups is 1. The second-order valence-corrected chi connectivity index (χ2v) is 5.63. The fraction of sp³-hybridized carbons (Fsp3) is 0.105. The SMILES string of the molecule is CC(NC(=O)Nc1cccc(-n2cccc2)c1)c1ccc(F)cc1F. The summed E-state index contributed by atoms with van der Waals surface area (Å²) < 4.78 is 28.7. The van der Waals surface area contributed by atoms with Gasteiger partial charge < -0.3 is 15.2 Å². The van der Waals surface area contributed by atoms with Crippen molar-refractivity contribution in [2.45, 2.75) is 13.0 Å². The van der Waals surface area contributed by atoms with E-state index in [2.05, 4.69) is 10.6 Å². The second kappa shape index (κ2) is 7.17. The summed E-state index contributed by atoms with van der Waals surface area (Å²) in [5.74, 6) is -1.35. The molecule has 1 aromatic heterocycles. The average molecular weight is 341 g/mol. The van der Waals surface area contributed by atoms with Crippen LogP contribution in [0.4, 0.5) is 19.3 Å². The number of aromatic nitrogens is 1. The highest BCUT2D eigenvalue weighted by Gasteiger charge is 2.14. The number of hydrogen-bond donors (Lipinski definition) is 2. The monoisotopic (exact) mass is 341 g/mol. The topological polar surface area (TPSA) is 46.1 Å². The molecule has 0 saturated heterocycles. The lowest BCUT2D eigenvalue weighted by Gasteiger charge is -2.16. The third-order valence-electron chi connectivity index (χ3n) is 3.78. The number of amides is 2. The molecule has 0 bridgehead atoms. The normalized spacial score (nSPS) is 11.8. The number of carbonyl (C=O) groups is 1. The molecule has 0 saturated carbocycles. The molecule has 1 unspecified atom stereocenters. The van der Waals surface area contributed by atoms with E-state index in [0.717, 1.165) is 17.8 Å². The Morgan fingerprint density at radius 3 is 2.52 bits per heavy atom. The molecule has 0 radical (unpaired) electrons. The molecule has 2 N–H and O–H groups in total. The van der Waals surface area contributed by atoms with Crippen molar-refractivity contribution >= 4 is 11.7 Å². The van der Waals surface area contributed by atoms with Crippen LogP contribution in [-0.2, 0) is 0 Å². The summed E-state index contributed by atoms with van der Waals surface area (Å²) in [7, 11) is 0. The van der Waals surface area contributed by atoms with Crippen molar-refractivity contribution in [3.05, 3.63) is 84.2 Å². The quantitative estimate of drug-likeness (QED) is 0.713. The van der Waals surface area contributed by atoms with Crippen molar-refractivity contribution in [3.63, 3.8) is 0 Å². The van der Waals surface area contributed by atoms with Crippen LogP contribution in [0.1, 0.15) is 18.5 Å². The molecular weight excluding hydrogens is 324 g/mol. The van der Waals surface area contributed by atoms with Crippen LogP contribution in [0.5, 0.6) is 0 Å². The molecule has 0 aliphatic rings. The first-order valence-corrected chi connectivity index (χ1v) is 7.79. The van der Waals surface area contributed by atoms with E-state index < -0.39 is 23.7 Å². The molecule has 2 aromatic carbocycles. The molecule has 0 fully saturated rings. The van der Waals surface area contributed by atoms with Gasteiger partial charge in [-0.15, -0.1) is 0 Å². The van der Waals surface area contributed by atoms with Crippen LogP contribution in [-0.4, -0.2) is 10.6 Å². The first-order chi connectivity index (χ1) is 12.0. The zero-order valence-electron chi connectivity index (χ0n) is 13.5. The zero-order valence-corrected chi connectivity index (χ0v) is 13.5. The lowest BCUT2D eigenvalue weighted by molar-refractivity contribution is 0.249. The van der Waals surface area contributed by atoms with Gasteiger partial charge in [0.1, 0.15) is 11.6 Å². The Kier molecular flexibility index (Phi) is 4.79. The molecular formula is C19H17F2N3O. The Labute approximate surface area is 144 Å². The predicted molar refractivity (Wildman–Crippen MR) is 92.7 cm³/mol. The van der Waals surface area contributed by atoms with Crippen LogP contribution in [0, 0.1) is 11.6 Å². The Bertz CT molecular complexity index is 878. The fourth-order valence-electron chi connectivity index (χ4n) is 2.55. The first kappa shape index (κ1) is 16.7. The van der Waals surface area contributed by atoms with Gasteiger partial charge in [0.15, 0.2) is 0 Å². The summed E-state index contributed by atoms with van der Waals surface area (Å²) in [5, 5.41) is 5.36. The van der Waals surface area contributed by atoms with Crippen molar-refractivity contribution in [1.29, 1.82) is 0 Å². The molecule has 4 nitrogen and oxygen atoms in total. The van der Waals surface area contributed by atoms with Crippen LogP contribution in [0.2, 0.25) is 0 Å². The number of benzene rings is 2. The summed E-state index contributed by atoms with van der Waals surface area (Å²) in [6.07, 6.45) is 3.80. The highest BCUT2D eigenvalue weighted by atomic mass is 19.1. The first-order valence-electron chi connectivity index (χ1n) is 7.79. The molecule has 6 heteroatoms. The minimum absolute atomic E-state index is 0.220. The van der Waals surface area contributed by atoms with Gasteiger partial charge in [-0.3, -0.25) is 0 Å². The number of anilines is 1. The Morgan fingerprint density at radius 2 is 1.80 bits per heavy atom. The molecule has 2 amide bonds. The molecule has 128 valence electrons. The van der Waals surface area contributed by atoms with Gasteiger partial charge in [-0.1, -0.05) is 12.1 Å². The van der Waals surface area contributed by atoms with Crippen molar-refractivity contribution in [3.8, 4) is 5.69 Å². The predicted octanol–water partition coefficient (Wildman–Crippen LogP) is 4.64. The average Bonchev–Trinajstić information content (AvgIpc) is 3.09. The van der Waals surface area contributed by atoms with Crippen molar-refractivity contribution in [2.75, 3.05) is 5.32 Å². The fourth-order valence-corrected chi connectivity index (χ4v) is 2.55.